The van der Waals surface area contributed by atoms with Gasteiger partial charge in [-0.15, -0.1) is 0 Å². The van der Waals surface area contributed by atoms with Crippen molar-refractivity contribution in [3.63, 3.8) is 0 Å². The molecule has 1 unspecified atom stereocenters. The number of fused-ring (bicyclic) bond motifs is 2. The summed E-state index contributed by atoms with van der Waals surface area (Å²) in [6, 6.07) is 5.60. The highest BCUT2D eigenvalue weighted by atomic mass is 16.5. The zero-order valence-electron chi connectivity index (χ0n) is 17.2. The van der Waals surface area contributed by atoms with Gasteiger partial charge in [-0.2, -0.15) is 5.10 Å². The molecule has 158 valence electrons. The summed E-state index contributed by atoms with van der Waals surface area (Å²) in [6.07, 6.45) is 6.29. The van der Waals surface area contributed by atoms with Crippen molar-refractivity contribution in [2.45, 2.75) is 32.7 Å². The molecule has 4 rings (SSSR count). The topological polar surface area (TPSA) is 98.0 Å². The number of ether oxygens (including phenoxy) is 2. The van der Waals surface area contributed by atoms with E-state index in [4.69, 9.17) is 14.6 Å². The number of benzene rings is 1. The lowest BCUT2D eigenvalue weighted by molar-refractivity contribution is 0.0927. The Hall–Kier alpha value is -3.13. The highest BCUT2D eigenvalue weighted by Crippen LogP contribution is 2.34. The van der Waals surface area contributed by atoms with Crippen LogP contribution >= 0.6 is 0 Å². The SMILES string of the molecule is CC(C)C(NC(=O)c1cnn2cc(CCO)cnc12)c1ccc2c(c1)OCCCO2. The lowest BCUT2D eigenvalue weighted by atomic mass is 9.95. The van der Waals surface area contributed by atoms with Crippen LogP contribution in [-0.2, 0) is 6.42 Å². The van der Waals surface area contributed by atoms with E-state index < -0.39 is 0 Å². The summed E-state index contributed by atoms with van der Waals surface area (Å²) in [5.74, 6) is 1.36. The summed E-state index contributed by atoms with van der Waals surface area (Å²) < 4.78 is 13.1. The Morgan fingerprint density at radius 2 is 2.03 bits per heavy atom. The van der Waals surface area contributed by atoms with Crippen LogP contribution in [0.5, 0.6) is 11.5 Å². The number of aliphatic hydroxyl groups is 1. The minimum Gasteiger partial charge on any atom is -0.490 e. The second kappa shape index (κ2) is 8.71. The molecule has 1 aliphatic heterocycles. The molecular formula is C22H26N4O4. The summed E-state index contributed by atoms with van der Waals surface area (Å²) >= 11 is 0. The van der Waals surface area contributed by atoms with E-state index in [-0.39, 0.29) is 24.5 Å². The van der Waals surface area contributed by atoms with E-state index in [1.807, 2.05) is 18.2 Å². The summed E-state index contributed by atoms with van der Waals surface area (Å²) in [6.45, 7) is 5.40. The average Bonchev–Trinajstić information content (AvgIpc) is 3.01. The fraction of sp³-hybridized carbons (Fsp3) is 0.409. The number of aromatic nitrogens is 3. The van der Waals surface area contributed by atoms with Gasteiger partial charge in [-0.25, -0.2) is 9.50 Å². The first-order valence-electron chi connectivity index (χ1n) is 10.2. The molecule has 8 nitrogen and oxygen atoms in total. The molecule has 0 radical (unpaired) electrons. The molecule has 8 heteroatoms. The Morgan fingerprint density at radius 1 is 1.23 bits per heavy atom. The number of rotatable bonds is 6. The van der Waals surface area contributed by atoms with E-state index in [1.54, 1.807) is 16.9 Å². The third-order valence-electron chi connectivity index (χ3n) is 5.14. The average molecular weight is 410 g/mol. The van der Waals surface area contributed by atoms with E-state index in [9.17, 15) is 4.79 Å². The number of nitrogens with one attached hydrogen (secondary N) is 1. The molecule has 3 aromatic rings. The van der Waals surface area contributed by atoms with E-state index in [0.29, 0.717) is 36.6 Å². The maximum Gasteiger partial charge on any atom is 0.257 e. The smallest absolute Gasteiger partial charge is 0.257 e. The predicted molar refractivity (Wildman–Crippen MR) is 111 cm³/mol. The van der Waals surface area contributed by atoms with E-state index in [0.717, 1.165) is 23.3 Å². The normalized spacial score (nSPS) is 14.5. The fourth-order valence-electron chi connectivity index (χ4n) is 3.56. The monoisotopic (exact) mass is 410 g/mol. The second-order valence-electron chi connectivity index (χ2n) is 7.71. The first-order valence-corrected chi connectivity index (χ1v) is 10.2. The van der Waals surface area contributed by atoms with Gasteiger partial charge >= 0.3 is 0 Å². The van der Waals surface area contributed by atoms with Gasteiger partial charge in [0.15, 0.2) is 17.1 Å². The second-order valence-corrected chi connectivity index (χ2v) is 7.71. The van der Waals surface area contributed by atoms with Crippen molar-refractivity contribution in [3.8, 4) is 11.5 Å². The minimum atomic E-state index is -0.238. The lowest BCUT2D eigenvalue weighted by Gasteiger charge is -2.23. The van der Waals surface area contributed by atoms with Crippen molar-refractivity contribution in [3.05, 3.63) is 53.5 Å². The van der Waals surface area contributed by atoms with Crippen molar-refractivity contribution in [2.75, 3.05) is 19.8 Å². The number of amides is 1. The fourth-order valence-corrected chi connectivity index (χ4v) is 3.56. The molecule has 3 heterocycles. The van der Waals surface area contributed by atoms with Crippen molar-refractivity contribution in [1.82, 2.24) is 19.9 Å². The number of hydrogen-bond donors (Lipinski definition) is 2. The first-order chi connectivity index (χ1) is 14.6. The Kier molecular flexibility index (Phi) is 5.85. The number of carbonyl (C=O) groups is 1. The first kappa shape index (κ1) is 20.2. The molecule has 2 N–H and O–H groups in total. The number of hydrogen-bond acceptors (Lipinski definition) is 6. The molecule has 2 aromatic heterocycles. The third-order valence-corrected chi connectivity index (χ3v) is 5.14. The largest absolute Gasteiger partial charge is 0.490 e. The van der Waals surface area contributed by atoms with E-state index >= 15 is 0 Å². The molecule has 1 aromatic carbocycles. The lowest BCUT2D eigenvalue weighted by Crippen LogP contribution is -2.31. The van der Waals surface area contributed by atoms with Gasteiger partial charge in [0, 0.05) is 25.4 Å². The van der Waals surface area contributed by atoms with Gasteiger partial charge in [0.2, 0.25) is 0 Å². The molecule has 30 heavy (non-hydrogen) atoms. The molecule has 0 bridgehead atoms. The van der Waals surface area contributed by atoms with Crippen LogP contribution in [0.3, 0.4) is 0 Å². The van der Waals surface area contributed by atoms with E-state index in [2.05, 4.69) is 29.2 Å². The van der Waals surface area contributed by atoms with Crippen LogP contribution in [0.15, 0.2) is 36.8 Å². The van der Waals surface area contributed by atoms with Gasteiger partial charge in [0.1, 0.15) is 5.56 Å². The Morgan fingerprint density at radius 3 is 2.80 bits per heavy atom. The van der Waals surface area contributed by atoms with Crippen molar-refractivity contribution in [2.24, 2.45) is 5.92 Å². The molecule has 1 aliphatic rings. The Balaban J connectivity index is 1.59. The van der Waals surface area contributed by atoms with Crippen LogP contribution < -0.4 is 14.8 Å². The maximum absolute atomic E-state index is 13.1. The molecule has 0 aliphatic carbocycles. The summed E-state index contributed by atoms with van der Waals surface area (Å²) in [5.41, 5.74) is 2.70. The molecule has 1 amide bonds. The van der Waals surface area contributed by atoms with Crippen LogP contribution in [-0.4, -0.2) is 45.4 Å². The van der Waals surface area contributed by atoms with Crippen LogP contribution in [0.1, 0.15) is 47.8 Å². The Bertz CT molecular complexity index is 1050. The summed E-state index contributed by atoms with van der Waals surface area (Å²) in [5, 5.41) is 16.5. The maximum atomic E-state index is 13.1. The van der Waals surface area contributed by atoms with Gasteiger partial charge in [-0.05, 0) is 35.6 Å². The number of carbonyl (C=O) groups excluding carboxylic acids is 1. The highest BCUT2D eigenvalue weighted by Gasteiger charge is 2.23. The molecule has 1 atom stereocenters. The zero-order chi connectivity index (χ0) is 21.1. The van der Waals surface area contributed by atoms with Gasteiger partial charge in [-0.3, -0.25) is 4.79 Å². The Labute approximate surface area is 174 Å². The van der Waals surface area contributed by atoms with Crippen molar-refractivity contribution < 1.29 is 19.4 Å². The standard InChI is InChI=1S/C22H26N4O4/c1-14(2)20(16-4-5-18-19(10-16)30-9-3-8-29-18)25-22(28)17-12-24-26-13-15(6-7-27)11-23-21(17)26/h4-5,10-14,20,27H,3,6-9H2,1-2H3,(H,25,28). The molecule has 0 saturated carbocycles. The quantitative estimate of drug-likeness (QED) is 0.648. The van der Waals surface area contributed by atoms with Crippen LogP contribution in [0.2, 0.25) is 0 Å². The molecule has 0 fully saturated rings. The number of aliphatic hydroxyl groups excluding tert-OH is 1. The summed E-state index contributed by atoms with van der Waals surface area (Å²) in [4.78, 5) is 17.4. The molecular weight excluding hydrogens is 384 g/mol. The third kappa shape index (κ3) is 4.09. The summed E-state index contributed by atoms with van der Waals surface area (Å²) in [7, 11) is 0. The van der Waals surface area contributed by atoms with Gasteiger partial charge < -0.3 is 19.9 Å². The van der Waals surface area contributed by atoms with Crippen LogP contribution in [0.4, 0.5) is 0 Å². The van der Waals surface area contributed by atoms with Gasteiger partial charge in [-0.1, -0.05) is 19.9 Å². The van der Waals surface area contributed by atoms with Crippen molar-refractivity contribution in [1.29, 1.82) is 0 Å². The predicted octanol–water partition coefficient (Wildman–Crippen LogP) is 2.55. The van der Waals surface area contributed by atoms with Crippen LogP contribution in [0, 0.1) is 5.92 Å². The molecule has 0 saturated heterocycles. The minimum absolute atomic E-state index is 0.0351. The van der Waals surface area contributed by atoms with Gasteiger partial charge in [0.05, 0.1) is 25.5 Å². The number of nitrogens with zero attached hydrogens (tertiary/aromatic N) is 3. The van der Waals surface area contributed by atoms with Crippen LogP contribution in [0.25, 0.3) is 5.65 Å². The van der Waals surface area contributed by atoms with Gasteiger partial charge in [0.25, 0.3) is 5.91 Å². The highest BCUT2D eigenvalue weighted by molar-refractivity contribution is 5.99. The zero-order valence-corrected chi connectivity index (χ0v) is 17.2. The van der Waals surface area contributed by atoms with Crippen molar-refractivity contribution >= 4 is 11.6 Å². The molecule has 0 spiro atoms. The van der Waals surface area contributed by atoms with E-state index in [1.165, 1.54) is 6.20 Å².